The van der Waals surface area contributed by atoms with Crippen LogP contribution < -0.4 is 5.32 Å². The Bertz CT molecular complexity index is 784. The highest BCUT2D eigenvalue weighted by atomic mass is 35.5. The van der Waals surface area contributed by atoms with Crippen molar-refractivity contribution in [3.05, 3.63) is 76.9 Å². The predicted octanol–water partition coefficient (Wildman–Crippen LogP) is 3.93. The molecule has 110 valence electrons. The van der Waals surface area contributed by atoms with E-state index >= 15 is 0 Å². The Morgan fingerprint density at radius 2 is 1.82 bits per heavy atom. The minimum atomic E-state index is -0.250. The molecule has 0 aliphatic heterocycles. The molecule has 0 spiro atoms. The number of hydrogen-bond acceptors (Lipinski definition) is 3. The van der Waals surface area contributed by atoms with Crippen molar-refractivity contribution in [2.45, 2.75) is 6.54 Å². The molecule has 0 aliphatic rings. The third-order valence-electron chi connectivity index (χ3n) is 3.25. The van der Waals surface area contributed by atoms with E-state index in [0.717, 1.165) is 11.1 Å². The minimum absolute atomic E-state index is 0.250. The van der Waals surface area contributed by atoms with Crippen LogP contribution in [-0.2, 0) is 6.54 Å². The van der Waals surface area contributed by atoms with Crippen molar-refractivity contribution in [2.75, 3.05) is 0 Å². The molecular weight excluding hydrogens is 300 g/mol. The molecule has 2 aromatic carbocycles. The van der Waals surface area contributed by atoms with Gasteiger partial charge in [-0.1, -0.05) is 65.3 Å². The number of carbonyl (C=O) groups is 1. The van der Waals surface area contributed by atoms with Gasteiger partial charge in [-0.05, 0) is 11.6 Å². The van der Waals surface area contributed by atoms with Gasteiger partial charge in [0.1, 0.15) is 5.56 Å². The molecule has 0 radical (unpaired) electrons. The van der Waals surface area contributed by atoms with E-state index in [1.54, 1.807) is 6.07 Å². The van der Waals surface area contributed by atoms with Crippen LogP contribution in [0.1, 0.15) is 15.9 Å². The number of nitrogens with zero attached hydrogens (tertiary/aromatic N) is 1. The largest absolute Gasteiger partial charge is 0.355 e. The zero-order chi connectivity index (χ0) is 15.4. The molecule has 3 aromatic rings. The van der Waals surface area contributed by atoms with E-state index in [9.17, 15) is 4.79 Å². The van der Waals surface area contributed by atoms with Gasteiger partial charge in [0.2, 0.25) is 0 Å². The first-order valence-corrected chi connectivity index (χ1v) is 7.15. The highest BCUT2D eigenvalue weighted by molar-refractivity contribution is 6.31. The van der Waals surface area contributed by atoms with E-state index in [-0.39, 0.29) is 5.91 Å². The summed E-state index contributed by atoms with van der Waals surface area (Å²) in [4.78, 5) is 12.3. The fourth-order valence-electron chi connectivity index (χ4n) is 2.11. The summed E-state index contributed by atoms with van der Waals surface area (Å²) in [5.74, 6) is 0.206. The molecule has 0 saturated heterocycles. The van der Waals surface area contributed by atoms with E-state index < -0.39 is 0 Å². The first kappa shape index (κ1) is 14.4. The van der Waals surface area contributed by atoms with Gasteiger partial charge >= 0.3 is 0 Å². The van der Waals surface area contributed by atoms with E-state index in [1.807, 2.05) is 48.5 Å². The summed E-state index contributed by atoms with van der Waals surface area (Å²) < 4.78 is 5.21. The van der Waals surface area contributed by atoms with Gasteiger partial charge in [0, 0.05) is 17.1 Å². The van der Waals surface area contributed by atoms with Gasteiger partial charge in [-0.25, -0.2) is 0 Å². The average molecular weight is 313 g/mol. The summed E-state index contributed by atoms with van der Waals surface area (Å²) in [6.07, 6.45) is 1.42. The molecule has 0 atom stereocenters. The van der Waals surface area contributed by atoms with Gasteiger partial charge in [-0.2, -0.15) is 0 Å². The number of benzene rings is 2. The Kier molecular flexibility index (Phi) is 4.21. The van der Waals surface area contributed by atoms with Gasteiger partial charge in [0.15, 0.2) is 5.76 Å². The van der Waals surface area contributed by atoms with Crippen LogP contribution in [0.15, 0.2) is 65.3 Å². The second-order valence-electron chi connectivity index (χ2n) is 4.71. The Hall–Kier alpha value is -2.59. The molecule has 3 rings (SSSR count). The normalized spacial score (nSPS) is 10.4. The SMILES string of the molecule is O=C(NCc1ccccc1Cl)c1cnoc1-c1ccccc1. The molecule has 0 unspecified atom stereocenters. The van der Waals surface area contributed by atoms with Crippen LogP contribution in [0.4, 0.5) is 0 Å². The summed E-state index contributed by atoms with van der Waals surface area (Å²) in [5.41, 5.74) is 2.07. The maximum Gasteiger partial charge on any atom is 0.257 e. The maximum absolute atomic E-state index is 12.3. The van der Waals surface area contributed by atoms with Gasteiger partial charge in [-0.15, -0.1) is 0 Å². The number of halogens is 1. The van der Waals surface area contributed by atoms with Crippen LogP contribution in [0.25, 0.3) is 11.3 Å². The summed E-state index contributed by atoms with van der Waals surface area (Å²) >= 11 is 6.08. The maximum atomic E-state index is 12.3. The molecule has 0 saturated carbocycles. The Morgan fingerprint density at radius 1 is 1.09 bits per heavy atom. The lowest BCUT2D eigenvalue weighted by Gasteiger charge is -2.06. The Balaban J connectivity index is 1.77. The molecular formula is C17H13ClN2O2. The number of aromatic nitrogens is 1. The van der Waals surface area contributed by atoms with Gasteiger partial charge in [0.05, 0.1) is 6.20 Å². The quantitative estimate of drug-likeness (QED) is 0.794. The number of nitrogens with one attached hydrogen (secondary N) is 1. The Labute approximate surface area is 132 Å². The third-order valence-corrected chi connectivity index (χ3v) is 3.62. The molecule has 5 heteroatoms. The van der Waals surface area contributed by atoms with E-state index in [1.165, 1.54) is 6.20 Å². The van der Waals surface area contributed by atoms with Crippen molar-refractivity contribution in [3.8, 4) is 11.3 Å². The fourth-order valence-corrected chi connectivity index (χ4v) is 2.31. The van der Waals surface area contributed by atoms with Gasteiger partial charge in [-0.3, -0.25) is 4.79 Å². The first-order valence-electron chi connectivity index (χ1n) is 6.77. The zero-order valence-electron chi connectivity index (χ0n) is 11.6. The van der Waals surface area contributed by atoms with E-state index in [2.05, 4.69) is 10.5 Å². The number of carbonyl (C=O) groups excluding carboxylic acids is 1. The summed E-state index contributed by atoms with van der Waals surface area (Å²) in [7, 11) is 0. The van der Waals surface area contributed by atoms with Crippen LogP contribution in [0.5, 0.6) is 0 Å². The monoisotopic (exact) mass is 312 g/mol. The smallest absolute Gasteiger partial charge is 0.257 e. The summed E-state index contributed by atoms with van der Waals surface area (Å²) in [6, 6.07) is 16.8. The molecule has 0 aliphatic carbocycles. The summed E-state index contributed by atoms with van der Waals surface area (Å²) in [5, 5.41) is 7.18. The standard InChI is InChI=1S/C17H13ClN2O2/c18-15-9-5-4-8-13(15)10-19-17(21)14-11-20-22-16(14)12-6-2-1-3-7-12/h1-9,11H,10H2,(H,19,21). The predicted molar refractivity (Wildman–Crippen MR) is 84.6 cm³/mol. The van der Waals surface area contributed by atoms with Gasteiger partial charge < -0.3 is 9.84 Å². The fraction of sp³-hybridized carbons (Fsp3) is 0.0588. The van der Waals surface area contributed by atoms with Crippen molar-refractivity contribution in [3.63, 3.8) is 0 Å². The number of amides is 1. The lowest BCUT2D eigenvalue weighted by atomic mass is 10.1. The van der Waals surface area contributed by atoms with Crippen molar-refractivity contribution in [1.82, 2.24) is 10.5 Å². The minimum Gasteiger partial charge on any atom is -0.355 e. The number of hydrogen-bond donors (Lipinski definition) is 1. The van der Waals surface area contributed by atoms with Crippen LogP contribution in [0.2, 0.25) is 5.02 Å². The molecule has 1 heterocycles. The topological polar surface area (TPSA) is 55.1 Å². The molecule has 4 nitrogen and oxygen atoms in total. The van der Waals surface area contributed by atoms with Crippen molar-refractivity contribution in [2.24, 2.45) is 0 Å². The van der Waals surface area contributed by atoms with Crippen molar-refractivity contribution >= 4 is 17.5 Å². The zero-order valence-corrected chi connectivity index (χ0v) is 12.4. The number of rotatable bonds is 4. The molecule has 0 fully saturated rings. The molecule has 1 amide bonds. The second-order valence-corrected chi connectivity index (χ2v) is 5.12. The lowest BCUT2D eigenvalue weighted by molar-refractivity contribution is 0.0951. The molecule has 1 N–H and O–H groups in total. The molecule has 22 heavy (non-hydrogen) atoms. The first-order chi connectivity index (χ1) is 10.8. The van der Waals surface area contributed by atoms with Gasteiger partial charge in [0.25, 0.3) is 5.91 Å². The molecule has 0 bridgehead atoms. The Morgan fingerprint density at radius 3 is 2.59 bits per heavy atom. The van der Waals surface area contributed by atoms with Crippen molar-refractivity contribution < 1.29 is 9.32 Å². The van der Waals surface area contributed by atoms with Crippen LogP contribution in [0, 0.1) is 0 Å². The molecule has 1 aromatic heterocycles. The van der Waals surface area contributed by atoms with E-state index in [0.29, 0.717) is 22.9 Å². The lowest BCUT2D eigenvalue weighted by Crippen LogP contribution is -2.23. The van der Waals surface area contributed by atoms with Crippen LogP contribution in [0.3, 0.4) is 0 Å². The second kappa shape index (κ2) is 6.45. The highest BCUT2D eigenvalue weighted by Gasteiger charge is 2.17. The van der Waals surface area contributed by atoms with Crippen LogP contribution in [-0.4, -0.2) is 11.1 Å². The van der Waals surface area contributed by atoms with Crippen LogP contribution >= 0.6 is 11.6 Å². The highest BCUT2D eigenvalue weighted by Crippen LogP contribution is 2.23. The van der Waals surface area contributed by atoms with Crippen molar-refractivity contribution in [1.29, 1.82) is 0 Å². The average Bonchev–Trinajstić information content (AvgIpc) is 3.04. The summed E-state index contributed by atoms with van der Waals surface area (Å²) in [6.45, 7) is 0.345. The third kappa shape index (κ3) is 3.02. The van der Waals surface area contributed by atoms with E-state index in [4.69, 9.17) is 16.1 Å².